The van der Waals surface area contributed by atoms with Gasteiger partial charge in [-0.2, -0.15) is 0 Å². The summed E-state index contributed by atoms with van der Waals surface area (Å²) in [6, 6.07) is 20.4. The van der Waals surface area contributed by atoms with Gasteiger partial charge in [-0.3, -0.25) is 4.98 Å². The van der Waals surface area contributed by atoms with E-state index in [-0.39, 0.29) is 0 Å². The van der Waals surface area contributed by atoms with E-state index in [4.69, 9.17) is 16.6 Å². The number of nitrogens with one attached hydrogen (secondary N) is 1. The van der Waals surface area contributed by atoms with E-state index in [1.807, 2.05) is 42.6 Å². The molecule has 0 saturated heterocycles. The molecule has 5 rings (SSSR count). The first kappa shape index (κ1) is 17.2. The van der Waals surface area contributed by atoms with Gasteiger partial charge in [-0.05, 0) is 43.3 Å². The van der Waals surface area contributed by atoms with Gasteiger partial charge in [-0.15, -0.1) is 11.3 Å². The Morgan fingerprint density at radius 2 is 1.86 bits per heavy atom. The zero-order valence-corrected chi connectivity index (χ0v) is 16.7. The maximum Gasteiger partial charge on any atom is 0.125 e. The highest BCUT2D eigenvalue weighted by Crippen LogP contribution is 2.35. The van der Waals surface area contributed by atoms with Crippen molar-refractivity contribution in [3.8, 4) is 33.1 Å². The van der Waals surface area contributed by atoms with E-state index in [2.05, 4.69) is 41.2 Å². The topological polar surface area (TPSA) is 41.6 Å². The molecule has 0 radical (unpaired) electrons. The molecule has 0 fully saturated rings. The number of rotatable bonds is 3. The highest BCUT2D eigenvalue weighted by Gasteiger charge is 2.13. The Hall–Kier alpha value is -2.95. The van der Waals surface area contributed by atoms with Gasteiger partial charge >= 0.3 is 0 Å². The van der Waals surface area contributed by atoms with Crippen molar-refractivity contribution in [1.29, 1.82) is 0 Å². The number of aromatic nitrogens is 3. The van der Waals surface area contributed by atoms with Crippen molar-refractivity contribution in [2.24, 2.45) is 0 Å². The highest BCUT2D eigenvalue weighted by atomic mass is 35.5. The number of halogens is 1. The van der Waals surface area contributed by atoms with Gasteiger partial charge in [0.15, 0.2) is 0 Å². The van der Waals surface area contributed by atoms with Crippen molar-refractivity contribution >= 4 is 33.8 Å². The summed E-state index contributed by atoms with van der Waals surface area (Å²) in [7, 11) is 0. The number of hydrogen-bond donors (Lipinski definition) is 1. The van der Waals surface area contributed by atoms with Gasteiger partial charge in [0.05, 0.1) is 5.69 Å². The van der Waals surface area contributed by atoms with Gasteiger partial charge in [0.25, 0.3) is 0 Å². The van der Waals surface area contributed by atoms with Crippen LogP contribution in [-0.2, 0) is 0 Å². The van der Waals surface area contributed by atoms with Crippen molar-refractivity contribution in [2.45, 2.75) is 6.92 Å². The van der Waals surface area contributed by atoms with Crippen LogP contribution in [0.2, 0.25) is 5.02 Å². The summed E-state index contributed by atoms with van der Waals surface area (Å²) in [5.74, 6) is 0. The molecule has 0 saturated carbocycles. The Bertz CT molecular complexity index is 1290. The summed E-state index contributed by atoms with van der Waals surface area (Å²) < 4.78 is 0. The Balaban J connectivity index is 1.57. The molecule has 1 N–H and O–H groups in total. The maximum absolute atomic E-state index is 6.36. The predicted molar refractivity (Wildman–Crippen MR) is 118 cm³/mol. The Morgan fingerprint density at radius 1 is 0.964 bits per heavy atom. The number of benzene rings is 2. The lowest BCUT2D eigenvalue weighted by molar-refractivity contribution is 1.31. The Labute approximate surface area is 171 Å². The lowest BCUT2D eigenvalue weighted by Gasteiger charge is -1.99. The standard InChI is InChI=1S/C23H16ClN3S/c1-14-22(27-23(28-14)16-5-4-10-25-13-16)15-8-9-20-17(11-15)12-21(26-20)18-6-2-3-7-19(18)24/h2-13,26H,1H3. The molecule has 0 bridgehead atoms. The van der Waals surface area contributed by atoms with Crippen molar-refractivity contribution in [1.82, 2.24) is 15.0 Å². The van der Waals surface area contributed by atoms with Crippen LogP contribution in [0.5, 0.6) is 0 Å². The largest absolute Gasteiger partial charge is 0.354 e. The smallest absolute Gasteiger partial charge is 0.125 e. The lowest BCUT2D eigenvalue weighted by Crippen LogP contribution is -1.82. The quantitative estimate of drug-likeness (QED) is 0.354. The van der Waals surface area contributed by atoms with Crippen LogP contribution in [0, 0.1) is 6.92 Å². The van der Waals surface area contributed by atoms with Crippen LogP contribution in [0.1, 0.15) is 4.88 Å². The lowest BCUT2D eigenvalue weighted by atomic mass is 10.1. The van der Waals surface area contributed by atoms with Crippen LogP contribution in [0.25, 0.3) is 44.0 Å². The predicted octanol–water partition coefficient (Wildman–Crippen LogP) is 6.98. The van der Waals surface area contributed by atoms with Gasteiger partial charge in [-0.25, -0.2) is 4.98 Å². The molecule has 28 heavy (non-hydrogen) atoms. The molecule has 0 spiro atoms. The SMILES string of the molecule is Cc1sc(-c2cccnc2)nc1-c1ccc2[nH]c(-c3ccccc3Cl)cc2c1. The van der Waals surface area contributed by atoms with Crippen LogP contribution in [0.15, 0.2) is 73.1 Å². The minimum absolute atomic E-state index is 0.741. The number of aromatic amines is 1. The van der Waals surface area contributed by atoms with E-state index in [9.17, 15) is 0 Å². The van der Waals surface area contributed by atoms with Gasteiger partial charge in [0, 0.05) is 55.6 Å². The molecule has 0 atom stereocenters. The average molecular weight is 402 g/mol. The van der Waals surface area contributed by atoms with Crippen molar-refractivity contribution in [2.75, 3.05) is 0 Å². The molecule has 136 valence electrons. The fourth-order valence-corrected chi connectivity index (χ4v) is 4.54. The third kappa shape index (κ3) is 3.01. The minimum Gasteiger partial charge on any atom is -0.354 e. The number of H-pyrrole nitrogens is 1. The molecule has 0 aliphatic carbocycles. The summed E-state index contributed by atoms with van der Waals surface area (Å²) in [5, 5.41) is 2.88. The molecule has 0 aliphatic heterocycles. The van der Waals surface area contributed by atoms with E-state index in [1.54, 1.807) is 17.5 Å². The molecular weight excluding hydrogens is 386 g/mol. The van der Waals surface area contributed by atoms with Gasteiger partial charge in [0.1, 0.15) is 5.01 Å². The zero-order chi connectivity index (χ0) is 19.1. The van der Waals surface area contributed by atoms with E-state index in [1.165, 1.54) is 4.88 Å². The monoisotopic (exact) mass is 401 g/mol. The molecular formula is C23H16ClN3S. The number of aryl methyl sites for hydroxylation is 1. The van der Waals surface area contributed by atoms with Crippen molar-refractivity contribution in [3.05, 3.63) is 83.0 Å². The molecule has 0 aliphatic rings. The molecule has 5 aromatic rings. The summed E-state index contributed by atoms with van der Waals surface area (Å²) in [4.78, 5) is 13.7. The van der Waals surface area contributed by atoms with Gasteiger partial charge in [0.2, 0.25) is 0 Å². The van der Waals surface area contributed by atoms with Crippen LogP contribution >= 0.6 is 22.9 Å². The molecule has 0 amide bonds. The Kier molecular flexibility index (Phi) is 4.23. The van der Waals surface area contributed by atoms with E-state index >= 15 is 0 Å². The first-order chi connectivity index (χ1) is 13.7. The first-order valence-electron chi connectivity index (χ1n) is 8.95. The van der Waals surface area contributed by atoms with E-state index in [0.717, 1.165) is 49.0 Å². The summed E-state index contributed by atoms with van der Waals surface area (Å²) in [5.41, 5.74) is 6.28. The maximum atomic E-state index is 6.36. The molecule has 3 heterocycles. The normalized spacial score (nSPS) is 11.2. The first-order valence-corrected chi connectivity index (χ1v) is 10.1. The fraction of sp³-hybridized carbons (Fsp3) is 0.0435. The van der Waals surface area contributed by atoms with Gasteiger partial charge in [-0.1, -0.05) is 35.9 Å². The number of thiazole rings is 1. The second kappa shape index (κ2) is 6.89. The molecule has 3 aromatic heterocycles. The molecule has 5 heteroatoms. The number of pyridine rings is 1. The molecule has 0 unspecified atom stereocenters. The van der Waals surface area contributed by atoms with Gasteiger partial charge < -0.3 is 4.98 Å². The zero-order valence-electron chi connectivity index (χ0n) is 15.1. The fourth-order valence-electron chi connectivity index (χ4n) is 3.38. The summed E-state index contributed by atoms with van der Waals surface area (Å²) in [6.45, 7) is 2.11. The average Bonchev–Trinajstić information content (AvgIpc) is 3.32. The summed E-state index contributed by atoms with van der Waals surface area (Å²) in [6.07, 6.45) is 3.63. The number of fused-ring (bicyclic) bond motifs is 1. The molecule has 3 nitrogen and oxygen atoms in total. The number of hydrogen-bond acceptors (Lipinski definition) is 3. The third-order valence-electron chi connectivity index (χ3n) is 4.76. The third-order valence-corrected chi connectivity index (χ3v) is 6.11. The molecule has 2 aromatic carbocycles. The second-order valence-corrected chi connectivity index (χ2v) is 8.24. The second-order valence-electron chi connectivity index (χ2n) is 6.63. The van der Waals surface area contributed by atoms with Crippen molar-refractivity contribution < 1.29 is 0 Å². The van der Waals surface area contributed by atoms with Crippen LogP contribution in [0.4, 0.5) is 0 Å². The van der Waals surface area contributed by atoms with Crippen LogP contribution in [-0.4, -0.2) is 15.0 Å². The highest BCUT2D eigenvalue weighted by molar-refractivity contribution is 7.15. The number of nitrogens with zero attached hydrogens (tertiary/aromatic N) is 2. The van der Waals surface area contributed by atoms with Crippen molar-refractivity contribution in [3.63, 3.8) is 0 Å². The van der Waals surface area contributed by atoms with Crippen LogP contribution < -0.4 is 0 Å². The Morgan fingerprint density at radius 3 is 2.68 bits per heavy atom. The van der Waals surface area contributed by atoms with E-state index < -0.39 is 0 Å². The van der Waals surface area contributed by atoms with E-state index in [0.29, 0.717) is 0 Å². The minimum atomic E-state index is 0.741. The van der Waals surface area contributed by atoms with Crippen LogP contribution in [0.3, 0.4) is 0 Å². The summed E-state index contributed by atoms with van der Waals surface area (Å²) >= 11 is 8.06.